The Balaban J connectivity index is 1.82. The third-order valence-electron chi connectivity index (χ3n) is 5.39. The molecule has 0 saturated heterocycles. The summed E-state index contributed by atoms with van der Waals surface area (Å²) in [5.74, 6) is 0.299. The average molecular weight is 343 g/mol. The second-order valence-electron chi connectivity index (χ2n) is 6.99. The maximum atomic E-state index is 6.04. The molecule has 1 unspecified atom stereocenters. The van der Waals surface area contributed by atoms with Gasteiger partial charge in [-0.25, -0.2) is 0 Å². The minimum Gasteiger partial charge on any atom is -0.326 e. The fourth-order valence-electron chi connectivity index (χ4n) is 4.00. The van der Waals surface area contributed by atoms with Crippen LogP contribution in [0.4, 0.5) is 0 Å². The molecule has 132 valence electrons. The molecule has 4 N–H and O–H groups in total. The second kappa shape index (κ2) is 7.40. The summed E-state index contributed by atoms with van der Waals surface area (Å²) in [6.07, 6.45) is 3.39. The third kappa shape index (κ3) is 3.16. The van der Waals surface area contributed by atoms with Gasteiger partial charge in [0, 0.05) is 24.6 Å². The lowest BCUT2D eigenvalue weighted by molar-refractivity contribution is 0.595. The molecule has 1 aliphatic carbocycles. The molecule has 26 heavy (non-hydrogen) atoms. The van der Waals surface area contributed by atoms with E-state index in [1.165, 1.54) is 28.8 Å². The van der Waals surface area contributed by atoms with Crippen molar-refractivity contribution in [3.05, 3.63) is 88.6 Å². The number of pyridine rings is 1. The number of hydrogen-bond acceptors (Lipinski definition) is 3. The first-order valence-electron chi connectivity index (χ1n) is 9.37. The summed E-state index contributed by atoms with van der Waals surface area (Å²) in [4.78, 5) is 5.10. The summed E-state index contributed by atoms with van der Waals surface area (Å²) in [7, 11) is 0. The molecule has 3 heteroatoms. The van der Waals surface area contributed by atoms with Crippen molar-refractivity contribution in [2.45, 2.75) is 38.3 Å². The Labute approximate surface area is 155 Å². The largest absolute Gasteiger partial charge is 0.326 e. The van der Waals surface area contributed by atoms with Crippen LogP contribution >= 0.6 is 0 Å². The predicted molar refractivity (Wildman–Crippen MR) is 107 cm³/mol. The lowest BCUT2D eigenvalue weighted by atomic mass is 9.79. The van der Waals surface area contributed by atoms with E-state index in [1.54, 1.807) is 0 Å². The minimum absolute atomic E-state index is 0.299. The van der Waals surface area contributed by atoms with Gasteiger partial charge in [0.25, 0.3) is 0 Å². The Morgan fingerprint density at radius 2 is 1.77 bits per heavy atom. The van der Waals surface area contributed by atoms with Gasteiger partial charge in [-0.15, -0.1) is 0 Å². The molecule has 0 radical (unpaired) electrons. The fourth-order valence-corrected chi connectivity index (χ4v) is 4.00. The monoisotopic (exact) mass is 343 g/mol. The smallest absolute Gasteiger partial charge is 0.0705 e. The van der Waals surface area contributed by atoms with Crippen molar-refractivity contribution >= 4 is 0 Å². The van der Waals surface area contributed by atoms with Crippen LogP contribution in [0.1, 0.15) is 46.7 Å². The summed E-state index contributed by atoms with van der Waals surface area (Å²) in [6, 6.07) is 21.3. The van der Waals surface area contributed by atoms with Gasteiger partial charge in [0.05, 0.1) is 11.4 Å². The SMILES string of the molecule is NCc1ccc(CN)c(C2CCCc3ccc(-c4ccccc4)nc32)c1. The molecule has 0 amide bonds. The molecule has 1 aliphatic rings. The Kier molecular flexibility index (Phi) is 4.83. The van der Waals surface area contributed by atoms with Crippen molar-refractivity contribution in [1.82, 2.24) is 4.98 Å². The van der Waals surface area contributed by atoms with Gasteiger partial charge in [-0.2, -0.15) is 0 Å². The zero-order valence-electron chi connectivity index (χ0n) is 15.0. The first-order chi connectivity index (χ1) is 12.8. The van der Waals surface area contributed by atoms with Crippen molar-refractivity contribution < 1.29 is 0 Å². The molecule has 0 spiro atoms. The third-order valence-corrected chi connectivity index (χ3v) is 5.39. The second-order valence-corrected chi connectivity index (χ2v) is 6.99. The molecule has 0 fully saturated rings. The summed E-state index contributed by atoms with van der Waals surface area (Å²) < 4.78 is 0. The lowest BCUT2D eigenvalue weighted by Crippen LogP contribution is -2.17. The lowest BCUT2D eigenvalue weighted by Gasteiger charge is -2.27. The highest BCUT2D eigenvalue weighted by atomic mass is 14.7. The predicted octanol–water partition coefficient (Wildman–Crippen LogP) is 4.13. The van der Waals surface area contributed by atoms with E-state index < -0.39 is 0 Å². The maximum absolute atomic E-state index is 6.04. The van der Waals surface area contributed by atoms with Crippen LogP contribution in [-0.4, -0.2) is 4.98 Å². The van der Waals surface area contributed by atoms with Gasteiger partial charge in [0.2, 0.25) is 0 Å². The summed E-state index contributed by atoms with van der Waals surface area (Å²) in [6.45, 7) is 1.10. The van der Waals surface area contributed by atoms with Crippen LogP contribution in [0, 0.1) is 0 Å². The number of aromatic nitrogens is 1. The first-order valence-corrected chi connectivity index (χ1v) is 9.37. The van der Waals surface area contributed by atoms with E-state index in [-0.39, 0.29) is 0 Å². The number of aryl methyl sites for hydroxylation is 1. The van der Waals surface area contributed by atoms with Crippen LogP contribution in [0.2, 0.25) is 0 Å². The molecule has 1 heterocycles. The van der Waals surface area contributed by atoms with Crippen molar-refractivity contribution in [1.29, 1.82) is 0 Å². The van der Waals surface area contributed by atoms with Crippen LogP contribution in [0.3, 0.4) is 0 Å². The zero-order valence-corrected chi connectivity index (χ0v) is 15.0. The van der Waals surface area contributed by atoms with Gasteiger partial charge in [-0.05, 0) is 47.6 Å². The first kappa shape index (κ1) is 17.0. The number of nitrogens with zero attached hydrogens (tertiary/aromatic N) is 1. The van der Waals surface area contributed by atoms with Gasteiger partial charge < -0.3 is 11.5 Å². The van der Waals surface area contributed by atoms with E-state index in [0.717, 1.165) is 29.7 Å². The minimum atomic E-state index is 0.299. The molecule has 3 aromatic rings. The van der Waals surface area contributed by atoms with Crippen LogP contribution in [-0.2, 0) is 19.5 Å². The number of fused-ring (bicyclic) bond motifs is 1. The topological polar surface area (TPSA) is 64.9 Å². The van der Waals surface area contributed by atoms with Crippen LogP contribution in [0.15, 0.2) is 60.7 Å². The van der Waals surface area contributed by atoms with Crippen molar-refractivity contribution in [3.63, 3.8) is 0 Å². The standard InChI is InChI=1S/C23H25N3/c24-14-16-9-10-19(15-25)21(13-16)20-8-4-7-18-11-12-22(26-23(18)20)17-5-2-1-3-6-17/h1-3,5-6,9-13,20H,4,7-8,14-15,24-25H2. The van der Waals surface area contributed by atoms with Gasteiger partial charge in [-0.3, -0.25) is 4.98 Å². The highest BCUT2D eigenvalue weighted by Crippen LogP contribution is 2.38. The maximum Gasteiger partial charge on any atom is 0.0705 e. The highest BCUT2D eigenvalue weighted by molar-refractivity contribution is 5.60. The molecule has 1 atom stereocenters. The van der Waals surface area contributed by atoms with Crippen LogP contribution < -0.4 is 11.5 Å². The van der Waals surface area contributed by atoms with Gasteiger partial charge in [-0.1, -0.05) is 54.6 Å². The van der Waals surface area contributed by atoms with E-state index in [2.05, 4.69) is 54.6 Å². The Morgan fingerprint density at radius 1 is 0.923 bits per heavy atom. The fraction of sp³-hybridized carbons (Fsp3) is 0.261. The quantitative estimate of drug-likeness (QED) is 0.748. The number of rotatable bonds is 4. The average Bonchev–Trinajstić information content (AvgIpc) is 2.73. The van der Waals surface area contributed by atoms with Crippen LogP contribution in [0.5, 0.6) is 0 Å². The van der Waals surface area contributed by atoms with E-state index >= 15 is 0 Å². The van der Waals surface area contributed by atoms with Gasteiger partial charge in [0.15, 0.2) is 0 Å². The molecule has 0 aliphatic heterocycles. The summed E-state index contributed by atoms with van der Waals surface area (Å²) in [5.41, 5.74) is 20.4. The Hall–Kier alpha value is -2.49. The molecule has 4 rings (SSSR count). The van der Waals surface area contributed by atoms with E-state index in [4.69, 9.17) is 16.5 Å². The number of hydrogen-bond donors (Lipinski definition) is 2. The van der Waals surface area contributed by atoms with E-state index in [0.29, 0.717) is 19.0 Å². The number of benzene rings is 2. The van der Waals surface area contributed by atoms with Crippen molar-refractivity contribution in [2.75, 3.05) is 0 Å². The molecule has 1 aromatic heterocycles. The molecular formula is C23H25N3. The summed E-state index contributed by atoms with van der Waals surface area (Å²) >= 11 is 0. The molecule has 0 saturated carbocycles. The van der Waals surface area contributed by atoms with Crippen molar-refractivity contribution in [2.24, 2.45) is 11.5 Å². The normalized spacial score (nSPS) is 16.3. The molecular weight excluding hydrogens is 318 g/mol. The molecule has 0 bridgehead atoms. The highest BCUT2D eigenvalue weighted by Gasteiger charge is 2.25. The zero-order chi connectivity index (χ0) is 17.9. The Morgan fingerprint density at radius 3 is 2.54 bits per heavy atom. The van der Waals surface area contributed by atoms with E-state index in [1.807, 2.05) is 6.07 Å². The van der Waals surface area contributed by atoms with E-state index in [9.17, 15) is 0 Å². The Bertz CT molecular complexity index is 903. The number of nitrogens with two attached hydrogens (primary N) is 2. The molecule has 3 nitrogen and oxygen atoms in total. The van der Waals surface area contributed by atoms with Gasteiger partial charge in [0.1, 0.15) is 0 Å². The molecule has 2 aromatic carbocycles. The van der Waals surface area contributed by atoms with Crippen LogP contribution in [0.25, 0.3) is 11.3 Å². The van der Waals surface area contributed by atoms with Crippen molar-refractivity contribution in [3.8, 4) is 11.3 Å². The summed E-state index contributed by atoms with van der Waals surface area (Å²) in [5, 5.41) is 0. The van der Waals surface area contributed by atoms with Gasteiger partial charge >= 0.3 is 0 Å².